The topological polar surface area (TPSA) is 208 Å². The van der Waals surface area contributed by atoms with Crippen LogP contribution in [0.5, 0.6) is 0 Å². The molecule has 0 spiro atoms. The van der Waals surface area contributed by atoms with E-state index < -0.39 is 60.6 Å². The van der Waals surface area contributed by atoms with Crippen LogP contribution in [0.4, 0.5) is 0 Å². The maximum absolute atomic E-state index is 12.9. The van der Waals surface area contributed by atoms with Crippen LogP contribution in [0, 0.1) is 0 Å². The van der Waals surface area contributed by atoms with Gasteiger partial charge in [-0.05, 0) is 38.6 Å². The van der Waals surface area contributed by atoms with Crippen molar-refractivity contribution in [2.75, 3.05) is 13.1 Å². The number of likely N-dealkylation sites (tertiary alicyclic amines) is 1. The van der Waals surface area contributed by atoms with Crippen molar-refractivity contribution in [3.8, 4) is 0 Å². The van der Waals surface area contributed by atoms with Gasteiger partial charge in [-0.25, -0.2) is 4.79 Å². The number of rotatable bonds is 11. The number of carbonyl (C=O) groups excluding carboxylic acids is 4. The molecular formula is C19H29N5O8. The second kappa shape index (κ2) is 11.4. The molecule has 4 amide bonds. The van der Waals surface area contributed by atoms with Crippen molar-refractivity contribution in [3.63, 3.8) is 0 Å². The molecule has 13 nitrogen and oxygen atoms in total. The molecular weight excluding hydrogens is 426 g/mol. The number of nitrogens with two attached hydrogens (primary N) is 1. The van der Waals surface area contributed by atoms with Gasteiger partial charge in [-0.1, -0.05) is 0 Å². The molecule has 2 fully saturated rings. The van der Waals surface area contributed by atoms with Crippen molar-refractivity contribution < 1.29 is 39.0 Å². The Morgan fingerprint density at radius 2 is 1.75 bits per heavy atom. The molecule has 2 aliphatic heterocycles. The van der Waals surface area contributed by atoms with E-state index >= 15 is 0 Å². The predicted octanol–water partition coefficient (Wildman–Crippen LogP) is -2.48. The Labute approximate surface area is 184 Å². The maximum atomic E-state index is 12.9. The molecule has 0 aromatic carbocycles. The summed E-state index contributed by atoms with van der Waals surface area (Å²) in [6.07, 6.45) is 1.03. The molecule has 2 saturated heterocycles. The van der Waals surface area contributed by atoms with Crippen molar-refractivity contribution in [3.05, 3.63) is 0 Å². The summed E-state index contributed by atoms with van der Waals surface area (Å²) in [6.45, 7) is 1.10. The Hall–Kier alpha value is -3.22. The molecule has 178 valence electrons. The minimum absolute atomic E-state index is 0.198. The van der Waals surface area contributed by atoms with Gasteiger partial charge in [-0.15, -0.1) is 0 Å². The van der Waals surface area contributed by atoms with E-state index in [1.807, 2.05) is 0 Å². The zero-order valence-electron chi connectivity index (χ0n) is 17.5. The van der Waals surface area contributed by atoms with Gasteiger partial charge in [0.2, 0.25) is 23.6 Å². The van der Waals surface area contributed by atoms with Crippen LogP contribution in [-0.2, 0) is 28.8 Å². The predicted molar refractivity (Wildman–Crippen MR) is 108 cm³/mol. The number of primary amides is 1. The summed E-state index contributed by atoms with van der Waals surface area (Å²) in [6, 6.07) is -4.17. The van der Waals surface area contributed by atoms with Crippen molar-refractivity contribution in [1.82, 2.24) is 20.9 Å². The second-order valence-corrected chi connectivity index (χ2v) is 7.90. The average Bonchev–Trinajstić information content (AvgIpc) is 3.41. The first-order chi connectivity index (χ1) is 15.1. The molecule has 0 aromatic rings. The van der Waals surface area contributed by atoms with E-state index in [0.717, 1.165) is 6.42 Å². The summed E-state index contributed by atoms with van der Waals surface area (Å²) in [7, 11) is 0. The molecule has 0 aliphatic carbocycles. The van der Waals surface area contributed by atoms with Gasteiger partial charge in [-0.3, -0.25) is 24.0 Å². The number of nitrogens with one attached hydrogen (secondary N) is 3. The molecule has 0 saturated carbocycles. The van der Waals surface area contributed by atoms with Gasteiger partial charge in [0.1, 0.15) is 18.1 Å². The van der Waals surface area contributed by atoms with E-state index in [4.69, 9.17) is 10.8 Å². The first kappa shape index (κ1) is 25.0. The number of amides is 4. The third-order valence-corrected chi connectivity index (χ3v) is 5.50. The number of carbonyl (C=O) groups is 6. The van der Waals surface area contributed by atoms with Gasteiger partial charge in [0.05, 0.1) is 12.5 Å². The molecule has 13 heteroatoms. The lowest BCUT2D eigenvalue weighted by Crippen LogP contribution is -2.57. The molecule has 4 unspecified atom stereocenters. The van der Waals surface area contributed by atoms with Gasteiger partial charge >= 0.3 is 11.9 Å². The van der Waals surface area contributed by atoms with Crippen LogP contribution in [0.1, 0.15) is 44.9 Å². The molecule has 2 rings (SSSR count). The van der Waals surface area contributed by atoms with E-state index in [9.17, 15) is 33.9 Å². The molecule has 0 bridgehead atoms. The number of hydrogen-bond acceptors (Lipinski definition) is 7. The number of aliphatic carboxylic acids is 2. The van der Waals surface area contributed by atoms with Gasteiger partial charge in [-0.2, -0.15) is 0 Å². The molecule has 2 heterocycles. The minimum atomic E-state index is -1.52. The SMILES string of the molecule is NC(=O)CC(NC(=O)C1CCCN1C(=O)C1CCCN1)C(=O)NC(CCC(=O)O)C(=O)O. The van der Waals surface area contributed by atoms with Crippen molar-refractivity contribution in [2.24, 2.45) is 5.73 Å². The standard InChI is InChI=1S/C19H29N5O8/c20-14(25)9-12(16(28)22-11(19(31)32)5-6-15(26)27)23-17(29)13-4-2-8-24(13)18(30)10-3-1-7-21-10/h10-13,21H,1-9H2,(H2,20,25)(H,22,28)(H,23,29)(H,26,27)(H,31,32). The first-order valence-electron chi connectivity index (χ1n) is 10.5. The highest BCUT2D eigenvalue weighted by Crippen LogP contribution is 2.21. The third kappa shape index (κ3) is 6.90. The zero-order valence-corrected chi connectivity index (χ0v) is 17.5. The third-order valence-electron chi connectivity index (χ3n) is 5.50. The van der Waals surface area contributed by atoms with E-state index in [1.54, 1.807) is 0 Å². The highest BCUT2D eigenvalue weighted by Gasteiger charge is 2.39. The molecule has 0 radical (unpaired) electrons. The fourth-order valence-corrected chi connectivity index (χ4v) is 3.87. The average molecular weight is 455 g/mol. The Morgan fingerprint density at radius 3 is 2.31 bits per heavy atom. The smallest absolute Gasteiger partial charge is 0.326 e. The summed E-state index contributed by atoms with van der Waals surface area (Å²) in [4.78, 5) is 73.1. The van der Waals surface area contributed by atoms with Gasteiger partial charge in [0, 0.05) is 13.0 Å². The molecule has 7 N–H and O–H groups in total. The Bertz CT molecular complexity index is 767. The summed E-state index contributed by atoms with van der Waals surface area (Å²) >= 11 is 0. The van der Waals surface area contributed by atoms with Crippen LogP contribution in [0.15, 0.2) is 0 Å². The molecule has 4 atom stereocenters. The van der Waals surface area contributed by atoms with Crippen LogP contribution >= 0.6 is 0 Å². The Morgan fingerprint density at radius 1 is 1.03 bits per heavy atom. The quantitative estimate of drug-likeness (QED) is 0.195. The lowest BCUT2D eigenvalue weighted by Gasteiger charge is -2.28. The summed E-state index contributed by atoms with van der Waals surface area (Å²) in [5.41, 5.74) is 5.17. The summed E-state index contributed by atoms with van der Waals surface area (Å²) in [5, 5.41) is 25.6. The maximum Gasteiger partial charge on any atom is 0.326 e. The van der Waals surface area contributed by atoms with Crippen LogP contribution in [0.2, 0.25) is 0 Å². The summed E-state index contributed by atoms with van der Waals surface area (Å²) in [5.74, 6) is -5.43. The van der Waals surface area contributed by atoms with Crippen LogP contribution in [0.3, 0.4) is 0 Å². The Kier molecular flexibility index (Phi) is 8.93. The molecule has 0 aromatic heterocycles. The van der Waals surface area contributed by atoms with E-state index in [-0.39, 0.29) is 18.4 Å². The monoisotopic (exact) mass is 455 g/mol. The van der Waals surface area contributed by atoms with Crippen molar-refractivity contribution in [2.45, 2.75) is 69.1 Å². The molecule has 32 heavy (non-hydrogen) atoms. The van der Waals surface area contributed by atoms with Crippen LogP contribution in [-0.4, -0.2) is 87.9 Å². The fraction of sp³-hybridized carbons (Fsp3) is 0.684. The van der Waals surface area contributed by atoms with Gasteiger partial charge in [0.15, 0.2) is 0 Å². The van der Waals surface area contributed by atoms with Gasteiger partial charge in [0.25, 0.3) is 0 Å². The normalized spacial score (nSPS) is 22.1. The lowest BCUT2D eigenvalue weighted by molar-refractivity contribution is -0.144. The lowest BCUT2D eigenvalue weighted by atomic mass is 10.1. The minimum Gasteiger partial charge on any atom is -0.481 e. The first-order valence-corrected chi connectivity index (χ1v) is 10.5. The van der Waals surface area contributed by atoms with E-state index in [0.29, 0.717) is 32.4 Å². The fourth-order valence-electron chi connectivity index (χ4n) is 3.87. The van der Waals surface area contributed by atoms with Crippen molar-refractivity contribution in [1.29, 1.82) is 0 Å². The van der Waals surface area contributed by atoms with Gasteiger partial charge < -0.3 is 36.8 Å². The van der Waals surface area contributed by atoms with Crippen LogP contribution < -0.4 is 21.7 Å². The number of nitrogens with zero attached hydrogens (tertiary/aromatic N) is 1. The Balaban J connectivity index is 2.06. The highest BCUT2D eigenvalue weighted by atomic mass is 16.4. The number of carboxylic acid groups (broad SMARTS) is 2. The number of carboxylic acids is 2. The van der Waals surface area contributed by atoms with E-state index in [1.165, 1.54) is 4.90 Å². The molecule has 2 aliphatic rings. The second-order valence-electron chi connectivity index (χ2n) is 7.90. The van der Waals surface area contributed by atoms with E-state index in [2.05, 4.69) is 16.0 Å². The number of hydrogen-bond donors (Lipinski definition) is 6. The largest absolute Gasteiger partial charge is 0.481 e. The summed E-state index contributed by atoms with van der Waals surface area (Å²) < 4.78 is 0. The zero-order chi connectivity index (χ0) is 23.8. The van der Waals surface area contributed by atoms with Crippen molar-refractivity contribution >= 4 is 35.6 Å². The highest BCUT2D eigenvalue weighted by molar-refractivity contribution is 5.96. The van der Waals surface area contributed by atoms with Crippen LogP contribution in [0.25, 0.3) is 0 Å².